The van der Waals surface area contributed by atoms with Gasteiger partial charge in [0.25, 0.3) is 5.91 Å². The van der Waals surface area contributed by atoms with Crippen LogP contribution in [-0.2, 0) is 4.74 Å². The number of pyridine rings is 1. The van der Waals surface area contributed by atoms with Crippen molar-refractivity contribution < 1.29 is 9.53 Å². The highest BCUT2D eigenvalue weighted by Crippen LogP contribution is 2.34. The third-order valence-corrected chi connectivity index (χ3v) is 6.68. The number of anilines is 2. The number of morpholine rings is 1. The zero-order valence-corrected chi connectivity index (χ0v) is 18.8. The van der Waals surface area contributed by atoms with Gasteiger partial charge in [-0.2, -0.15) is 0 Å². The van der Waals surface area contributed by atoms with E-state index in [1.165, 1.54) is 0 Å². The molecule has 0 spiro atoms. The molecule has 0 radical (unpaired) electrons. The molecule has 2 N–H and O–H groups in total. The molecule has 1 amide bonds. The van der Waals surface area contributed by atoms with Gasteiger partial charge in [0.15, 0.2) is 0 Å². The number of aromatic nitrogens is 1. The minimum atomic E-state index is 0.123. The minimum absolute atomic E-state index is 0.123. The molecule has 3 heterocycles. The largest absolute Gasteiger partial charge is 0.382 e. The highest BCUT2D eigenvalue weighted by Gasteiger charge is 2.26. The molecular weight excluding hydrogens is 400 g/mol. The van der Waals surface area contributed by atoms with Crippen LogP contribution in [0.5, 0.6) is 0 Å². The quantitative estimate of drug-likeness (QED) is 0.677. The standard InChI is InChI=1S/C26H30N4O2/c1-17-8-9-30(16-17)26(31)21-5-3-4-18(2)24(21)19-6-7-22-20(14-19)15-23(25(27)28-22)29-10-12-32-13-11-29/h3-7,14-15,17H,8-13,16H2,1-2H3,(H2,27,28)/t17-/m1/s1. The first kappa shape index (κ1) is 20.8. The summed E-state index contributed by atoms with van der Waals surface area (Å²) >= 11 is 0. The highest BCUT2D eigenvalue weighted by molar-refractivity contribution is 6.03. The molecule has 2 fully saturated rings. The van der Waals surface area contributed by atoms with Crippen molar-refractivity contribution in [1.29, 1.82) is 0 Å². The summed E-state index contributed by atoms with van der Waals surface area (Å²) in [6.45, 7) is 8.95. The zero-order chi connectivity index (χ0) is 22.2. The van der Waals surface area contributed by atoms with Crippen LogP contribution in [0.15, 0.2) is 42.5 Å². The van der Waals surface area contributed by atoms with Crippen molar-refractivity contribution in [2.75, 3.05) is 50.0 Å². The van der Waals surface area contributed by atoms with E-state index in [2.05, 4.69) is 48.0 Å². The molecule has 6 heteroatoms. The van der Waals surface area contributed by atoms with Crippen LogP contribution >= 0.6 is 0 Å². The fraction of sp³-hybridized carbons (Fsp3) is 0.385. The number of benzene rings is 2. The van der Waals surface area contributed by atoms with Crippen molar-refractivity contribution in [3.63, 3.8) is 0 Å². The van der Waals surface area contributed by atoms with Crippen LogP contribution < -0.4 is 10.6 Å². The van der Waals surface area contributed by atoms with Crippen molar-refractivity contribution in [3.05, 3.63) is 53.6 Å². The summed E-state index contributed by atoms with van der Waals surface area (Å²) in [5.41, 5.74) is 12.0. The molecule has 0 aliphatic carbocycles. The van der Waals surface area contributed by atoms with Crippen molar-refractivity contribution in [2.45, 2.75) is 20.3 Å². The van der Waals surface area contributed by atoms with Gasteiger partial charge in [0.2, 0.25) is 0 Å². The van der Waals surface area contributed by atoms with Gasteiger partial charge in [0.05, 0.1) is 24.4 Å². The molecule has 3 aromatic rings. The van der Waals surface area contributed by atoms with Gasteiger partial charge in [0.1, 0.15) is 5.82 Å². The van der Waals surface area contributed by atoms with E-state index in [0.717, 1.165) is 71.4 Å². The summed E-state index contributed by atoms with van der Waals surface area (Å²) in [7, 11) is 0. The Morgan fingerprint density at radius 3 is 2.69 bits per heavy atom. The monoisotopic (exact) mass is 430 g/mol. The van der Waals surface area contributed by atoms with Gasteiger partial charge >= 0.3 is 0 Å². The van der Waals surface area contributed by atoms with Gasteiger partial charge in [-0.1, -0.05) is 25.1 Å². The lowest BCUT2D eigenvalue weighted by Crippen LogP contribution is -2.36. The summed E-state index contributed by atoms with van der Waals surface area (Å²) in [4.78, 5) is 22.3. The second kappa shape index (κ2) is 8.43. The van der Waals surface area contributed by atoms with Crippen LogP contribution in [0.2, 0.25) is 0 Å². The number of hydrogen-bond donors (Lipinski definition) is 1. The number of likely N-dealkylation sites (tertiary alicyclic amines) is 1. The zero-order valence-electron chi connectivity index (χ0n) is 18.8. The summed E-state index contributed by atoms with van der Waals surface area (Å²) in [6, 6.07) is 14.3. The lowest BCUT2D eigenvalue weighted by atomic mass is 9.93. The Labute approximate surface area is 189 Å². The maximum atomic E-state index is 13.4. The summed E-state index contributed by atoms with van der Waals surface area (Å²) < 4.78 is 5.48. The molecule has 5 rings (SSSR count). The predicted octanol–water partition coefficient (Wildman–Crippen LogP) is 4.11. The van der Waals surface area contributed by atoms with E-state index in [0.29, 0.717) is 24.9 Å². The lowest BCUT2D eigenvalue weighted by Gasteiger charge is -2.29. The average Bonchev–Trinajstić information content (AvgIpc) is 3.24. The lowest BCUT2D eigenvalue weighted by molar-refractivity contribution is 0.0788. The normalized spacial score (nSPS) is 19.0. The number of nitrogen functional groups attached to an aromatic ring is 1. The van der Waals surface area contributed by atoms with Gasteiger partial charge in [-0.3, -0.25) is 4.79 Å². The Hall–Kier alpha value is -3.12. The van der Waals surface area contributed by atoms with E-state index in [1.807, 2.05) is 23.1 Å². The number of carbonyl (C=O) groups is 1. The smallest absolute Gasteiger partial charge is 0.254 e. The fourth-order valence-electron chi connectivity index (χ4n) is 4.91. The van der Waals surface area contributed by atoms with Gasteiger partial charge in [0, 0.05) is 37.1 Å². The number of nitrogens with two attached hydrogens (primary N) is 1. The van der Waals surface area contributed by atoms with E-state index >= 15 is 0 Å². The van der Waals surface area contributed by atoms with Crippen molar-refractivity contribution >= 4 is 28.3 Å². The Bertz CT molecular complexity index is 1170. The second-order valence-electron chi connectivity index (χ2n) is 9.04. The Balaban J connectivity index is 1.57. The number of hydrogen-bond acceptors (Lipinski definition) is 5. The first-order valence-corrected chi connectivity index (χ1v) is 11.4. The van der Waals surface area contributed by atoms with E-state index in [1.54, 1.807) is 0 Å². The van der Waals surface area contributed by atoms with Gasteiger partial charge in [-0.25, -0.2) is 4.98 Å². The fourth-order valence-corrected chi connectivity index (χ4v) is 4.91. The van der Waals surface area contributed by atoms with Crippen molar-refractivity contribution in [2.24, 2.45) is 5.92 Å². The van der Waals surface area contributed by atoms with Gasteiger partial charge < -0.3 is 20.3 Å². The minimum Gasteiger partial charge on any atom is -0.382 e. The van der Waals surface area contributed by atoms with Crippen LogP contribution in [0.3, 0.4) is 0 Å². The molecular formula is C26H30N4O2. The van der Waals surface area contributed by atoms with Crippen LogP contribution in [0.4, 0.5) is 11.5 Å². The van der Waals surface area contributed by atoms with Crippen LogP contribution in [0, 0.1) is 12.8 Å². The number of fused-ring (bicyclic) bond motifs is 1. The van der Waals surface area contributed by atoms with Crippen LogP contribution in [0.1, 0.15) is 29.3 Å². The van der Waals surface area contributed by atoms with E-state index in [9.17, 15) is 4.79 Å². The topological polar surface area (TPSA) is 71.7 Å². The molecule has 2 aliphatic rings. The Morgan fingerprint density at radius 2 is 1.94 bits per heavy atom. The highest BCUT2D eigenvalue weighted by atomic mass is 16.5. The third-order valence-electron chi connectivity index (χ3n) is 6.68. The van der Waals surface area contributed by atoms with Crippen molar-refractivity contribution in [1.82, 2.24) is 9.88 Å². The molecule has 166 valence electrons. The molecule has 0 unspecified atom stereocenters. The molecule has 1 aromatic heterocycles. The molecule has 1 atom stereocenters. The van der Waals surface area contributed by atoms with Crippen molar-refractivity contribution in [3.8, 4) is 11.1 Å². The van der Waals surface area contributed by atoms with Gasteiger partial charge in [-0.05, 0) is 60.2 Å². The molecule has 0 bridgehead atoms. The summed E-state index contributed by atoms with van der Waals surface area (Å²) in [5.74, 6) is 1.22. The molecule has 6 nitrogen and oxygen atoms in total. The van der Waals surface area contributed by atoms with Crippen LogP contribution in [0.25, 0.3) is 22.0 Å². The molecule has 2 aliphatic heterocycles. The first-order valence-electron chi connectivity index (χ1n) is 11.4. The van der Waals surface area contributed by atoms with Crippen LogP contribution in [-0.4, -0.2) is 55.2 Å². The maximum absolute atomic E-state index is 13.4. The van der Waals surface area contributed by atoms with E-state index < -0.39 is 0 Å². The second-order valence-corrected chi connectivity index (χ2v) is 9.04. The SMILES string of the molecule is Cc1cccc(C(=O)N2CC[C@@H](C)C2)c1-c1ccc2nc(N)c(N3CCOCC3)cc2c1. The number of aryl methyl sites for hydroxylation is 1. The number of amides is 1. The Kier molecular flexibility index (Phi) is 5.47. The average molecular weight is 431 g/mol. The number of carbonyl (C=O) groups excluding carboxylic acids is 1. The number of nitrogens with zero attached hydrogens (tertiary/aromatic N) is 3. The number of ether oxygens (including phenoxy) is 1. The molecule has 2 aromatic carbocycles. The first-order chi connectivity index (χ1) is 15.5. The molecule has 32 heavy (non-hydrogen) atoms. The number of rotatable bonds is 3. The predicted molar refractivity (Wildman–Crippen MR) is 129 cm³/mol. The third kappa shape index (κ3) is 3.79. The molecule has 0 saturated carbocycles. The van der Waals surface area contributed by atoms with Gasteiger partial charge in [-0.15, -0.1) is 0 Å². The van der Waals surface area contributed by atoms with E-state index in [-0.39, 0.29) is 5.91 Å². The Morgan fingerprint density at radius 1 is 1.12 bits per heavy atom. The van der Waals surface area contributed by atoms with E-state index in [4.69, 9.17) is 10.5 Å². The summed E-state index contributed by atoms with van der Waals surface area (Å²) in [6.07, 6.45) is 1.07. The summed E-state index contributed by atoms with van der Waals surface area (Å²) in [5, 5.41) is 1.02. The molecule has 2 saturated heterocycles. The maximum Gasteiger partial charge on any atom is 0.254 e.